The first-order valence-electron chi connectivity index (χ1n) is 9.67. The van der Waals surface area contributed by atoms with Crippen LogP contribution >= 0.6 is 0 Å². The lowest BCUT2D eigenvalue weighted by molar-refractivity contribution is 0.459. The van der Waals surface area contributed by atoms with E-state index < -0.39 is 21.6 Å². The normalized spacial score (nSPS) is 11.3. The van der Waals surface area contributed by atoms with Crippen LogP contribution in [0.5, 0.6) is 11.6 Å². The fraction of sp³-hybridized carbons (Fsp3) is 0.136. The SMILES string of the molecule is Cc1nc(Oc2ccc(NS(=O)(=O)Cc3ccccc3F)cc2)cc(-n2ccnc2C)n1. The van der Waals surface area contributed by atoms with Crippen molar-refractivity contribution in [1.82, 2.24) is 19.5 Å². The van der Waals surface area contributed by atoms with E-state index in [4.69, 9.17) is 4.74 Å². The molecule has 0 atom stereocenters. The zero-order valence-corrected chi connectivity index (χ0v) is 18.2. The Morgan fingerprint density at radius 1 is 1.06 bits per heavy atom. The molecule has 0 fully saturated rings. The van der Waals surface area contributed by atoms with Crippen LogP contribution in [0.2, 0.25) is 0 Å². The van der Waals surface area contributed by atoms with Crippen molar-refractivity contribution in [1.29, 1.82) is 0 Å². The van der Waals surface area contributed by atoms with Gasteiger partial charge in [-0.15, -0.1) is 0 Å². The van der Waals surface area contributed by atoms with Crippen LogP contribution in [0.1, 0.15) is 17.2 Å². The third kappa shape index (κ3) is 5.09. The molecule has 4 rings (SSSR count). The number of rotatable bonds is 7. The van der Waals surface area contributed by atoms with Gasteiger partial charge in [0, 0.05) is 29.7 Å². The molecule has 0 bridgehead atoms. The summed E-state index contributed by atoms with van der Waals surface area (Å²) in [6.45, 7) is 3.62. The lowest BCUT2D eigenvalue weighted by Crippen LogP contribution is -2.15. The molecule has 0 saturated heterocycles. The second-order valence-electron chi connectivity index (χ2n) is 7.04. The third-order valence-corrected chi connectivity index (χ3v) is 5.76. The molecule has 0 unspecified atom stereocenters. The van der Waals surface area contributed by atoms with Crippen molar-refractivity contribution >= 4 is 15.7 Å². The van der Waals surface area contributed by atoms with Crippen LogP contribution in [0.3, 0.4) is 0 Å². The minimum absolute atomic E-state index is 0.100. The Bertz CT molecular complexity index is 1350. The van der Waals surface area contributed by atoms with Gasteiger partial charge in [-0.3, -0.25) is 9.29 Å². The Morgan fingerprint density at radius 2 is 1.81 bits per heavy atom. The van der Waals surface area contributed by atoms with Gasteiger partial charge < -0.3 is 4.74 Å². The van der Waals surface area contributed by atoms with Crippen molar-refractivity contribution in [3.8, 4) is 17.4 Å². The highest BCUT2D eigenvalue weighted by Gasteiger charge is 2.15. The maximum atomic E-state index is 13.8. The average molecular weight is 453 g/mol. The van der Waals surface area contributed by atoms with Crippen molar-refractivity contribution in [3.05, 3.63) is 90.0 Å². The Morgan fingerprint density at radius 3 is 2.50 bits per heavy atom. The number of nitrogens with one attached hydrogen (secondary N) is 1. The number of hydrogen-bond acceptors (Lipinski definition) is 6. The quantitative estimate of drug-likeness (QED) is 0.451. The standard InChI is InChI=1S/C22H20FN5O3S/c1-15-25-21(28-12-11-24-16(28)2)13-22(26-15)31-19-9-7-18(8-10-19)27-32(29,30)14-17-5-3-4-6-20(17)23/h3-13,27H,14H2,1-2H3. The highest BCUT2D eigenvalue weighted by Crippen LogP contribution is 2.24. The van der Waals surface area contributed by atoms with Crippen molar-refractivity contribution < 1.29 is 17.5 Å². The molecule has 2 aromatic heterocycles. The summed E-state index contributed by atoms with van der Waals surface area (Å²) in [6.07, 6.45) is 3.47. The van der Waals surface area contributed by atoms with Gasteiger partial charge in [-0.05, 0) is 44.2 Å². The van der Waals surface area contributed by atoms with Crippen LogP contribution in [0.25, 0.3) is 5.82 Å². The number of halogens is 1. The van der Waals surface area contributed by atoms with E-state index in [2.05, 4.69) is 19.7 Å². The highest BCUT2D eigenvalue weighted by molar-refractivity contribution is 7.91. The smallest absolute Gasteiger partial charge is 0.237 e. The van der Waals surface area contributed by atoms with E-state index in [1.807, 2.05) is 11.5 Å². The molecule has 8 nitrogen and oxygen atoms in total. The molecule has 32 heavy (non-hydrogen) atoms. The van der Waals surface area contributed by atoms with E-state index >= 15 is 0 Å². The van der Waals surface area contributed by atoms with Gasteiger partial charge in [0.1, 0.15) is 29.0 Å². The largest absolute Gasteiger partial charge is 0.439 e. The van der Waals surface area contributed by atoms with Crippen molar-refractivity contribution in [2.24, 2.45) is 0 Å². The molecule has 0 saturated carbocycles. The van der Waals surface area contributed by atoms with Crippen molar-refractivity contribution in [3.63, 3.8) is 0 Å². The summed E-state index contributed by atoms with van der Waals surface area (Å²) in [5, 5.41) is 0. The zero-order valence-electron chi connectivity index (χ0n) is 17.4. The van der Waals surface area contributed by atoms with Gasteiger partial charge in [-0.25, -0.2) is 22.8 Å². The molecule has 1 N–H and O–H groups in total. The molecule has 2 heterocycles. The van der Waals surface area contributed by atoms with Crippen LogP contribution in [-0.4, -0.2) is 27.9 Å². The van der Waals surface area contributed by atoms with Crippen LogP contribution in [-0.2, 0) is 15.8 Å². The van der Waals surface area contributed by atoms with E-state index in [0.717, 1.165) is 5.82 Å². The number of benzene rings is 2. The Labute approximate surface area is 184 Å². The highest BCUT2D eigenvalue weighted by atomic mass is 32.2. The van der Waals surface area contributed by atoms with Gasteiger partial charge in [0.25, 0.3) is 0 Å². The van der Waals surface area contributed by atoms with E-state index in [1.165, 1.54) is 18.2 Å². The molecule has 0 aliphatic heterocycles. The van der Waals surface area contributed by atoms with Gasteiger partial charge in [-0.2, -0.15) is 4.98 Å². The fourth-order valence-corrected chi connectivity index (χ4v) is 4.28. The van der Waals surface area contributed by atoms with E-state index in [9.17, 15) is 12.8 Å². The molecule has 0 aliphatic rings. The van der Waals surface area contributed by atoms with E-state index in [-0.39, 0.29) is 5.56 Å². The number of aryl methyl sites for hydroxylation is 2. The Hall–Kier alpha value is -3.79. The van der Waals surface area contributed by atoms with Crippen LogP contribution in [0.4, 0.5) is 10.1 Å². The number of ether oxygens (including phenoxy) is 1. The van der Waals surface area contributed by atoms with Crippen LogP contribution in [0, 0.1) is 19.7 Å². The van der Waals surface area contributed by atoms with Gasteiger partial charge >= 0.3 is 0 Å². The number of anilines is 1. The fourth-order valence-electron chi connectivity index (χ4n) is 3.07. The summed E-state index contributed by atoms with van der Waals surface area (Å²) in [6, 6.07) is 13.8. The number of sulfonamides is 1. The molecule has 0 spiro atoms. The molecular formula is C22H20FN5O3S. The third-order valence-electron chi connectivity index (χ3n) is 4.53. The molecule has 4 aromatic rings. The maximum absolute atomic E-state index is 13.8. The number of imidazole rings is 1. The van der Waals surface area contributed by atoms with Crippen molar-refractivity contribution in [2.75, 3.05) is 4.72 Å². The predicted molar refractivity (Wildman–Crippen MR) is 118 cm³/mol. The lowest BCUT2D eigenvalue weighted by Gasteiger charge is -2.11. The minimum atomic E-state index is -3.78. The van der Waals surface area contributed by atoms with Crippen molar-refractivity contribution in [2.45, 2.75) is 19.6 Å². The molecule has 0 amide bonds. The maximum Gasteiger partial charge on any atom is 0.237 e. The first-order valence-corrected chi connectivity index (χ1v) is 11.3. The van der Waals surface area contributed by atoms with Gasteiger partial charge in [-0.1, -0.05) is 18.2 Å². The summed E-state index contributed by atoms with van der Waals surface area (Å²) in [5.74, 6) is 1.72. The van der Waals surface area contributed by atoms with Gasteiger partial charge in [0.05, 0.1) is 5.75 Å². The monoisotopic (exact) mass is 453 g/mol. The summed E-state index contributed by atoms with van der Waals surface area (Å²) < 4.78 is 48.6. The molecular weight excluding hydrogens is 433 g/mol. The number of hydrogen-bond donors (Lipinski definition) is 1. The minimum Gasteiger partial charge on any atom is -0.439 e. The average Bonchev–Trinajstić information content (AvgIpc) is 3.16. The number of nitrogens with zero attached hydrogens (tertiary/aromatic N) is 4. The van der Waals surface area contributed by atoms with Crippen LogP contribution < -0.4 is 9.46 Å². The Kier molecular flexibility index (Phi) is 5.87. The first kappa shape index (κ1) is 21.4. The molecule has 10 heteroatoms. The second-order valence-corrected chi connectivity index (χ2v) is 8.76. The topological polar surface area (TPSA) is 99.0 Å². The second kappa shape index (κ2) is 8.75. The molecule has 164 valence electrons. The molecule has 2 aromatic carbocycles. The van der Waals surface area contributed by atoms with Crippen LogP contribution in [0.15, 0.2) is 67.0 Å². The van der Waals surface area contributed by atoms with Gasteiger partial charge in [0.15, 0.2) is 0 Å². The number of aromatic nitrogens is 4. The zero-order chi connectivity index (χ0) is 22.7. The lowest BCUT2D eigenvalue weighted by atomic mass is 10.2. The molecule has 0 aliphatic carbocycles. The van der Waals surface area contributed by atoms with E-state index in [1.54, 1.807) is 55.7 Å². The predicted octanol–water partition coefficient (Wildman–Crippen LogP) is 4.15. The first-order chi connectivity index (χ1) is 15.3. The molecule has 0 radical (unpaired) electrons. The summed E-state index contributed by atoms with van der Waals surface area (Å²) in [4.78, 5) is 12.9. The summed E-state index contributed by atoms with van der Waals surface area (Å²) >= 11 is 0. The van der Waals surface area contributed by atoms with E-state index in [0.29, 0.717) is 29.0 Å². The summed E-state index contributed by atoms with van der Waals surface area (Å²) in [7, 11) is -3.78. The summed E-state index contributed by atoms with van der Waals surface area (Å²) in [5.41, 5.74) is 0.435. The van der Waals surface area contributed by atoms with Gasteiger partial charge in [0.2, 0.25) is 15.9 Å². The Balaban J connectivity index is 1.47.